The number of benzene rings is 1. The number of fused-ring (bicyclic) bond motifs is 1. The Kier molecular flexibility index (Phi) is 6.11. The van der Waals surface area contributed by atoms with E-state index < -0.39 is 44.8 Å². The Bertz CT molecular complexity index is 1520. The van der Waals surface area contributed by atoms with Crippen LogP contribution in [-0.2, 0) is 10.2 Å². The predicted molar refractivity (Wildman–Crippen MR) is 120 cm³/mol. The molecule has 0 saturated heterocycles. The first kappa shape index (κ1) is 23.4. The van der Waals surface area contributed by atoms with Crippen molar-refractivity contribution in [2.24, 2.45) is 0 Å². The Morgan fingerprint density at radius 3 is 2.59 bits per heavy atom. The van der Waals surface area contributed by atoms with Gasteiger partial charge < -0.3 is 4.98 Å². The molecule has 8 nitrogen and oxygen atoms in total. The van der Waals surface area contributed by atoms with Crippen molar-refractivity contribution in [1.29, 1.82) is 0 Å². The Labute approximate surface area is 192 Å². The predicted octanol–water partition coefficient (Wildman–Crippen LogP) is 3.88. The van der Waals surface area contributed by atoms with Gasteiger partial charge in [-0.2, -0.15) is 17.1 Å². The zero-order chi connectivity index (χ0) is 24.6. The van der Waals surface area contributed by atoms with E-state index in [1.165, 1.54) is 37.8 Å². The number of pyridine rings is 2. The van der Waals surface area contributed by atoms with E-state index in [1.807, 2.05) is 4.72 Å². The van der Waals surface area contributed by atoms with Gasteiger partial charge in [-0.3, -0.25) is 9.52 Å². The maximum absolute atomic E-state index is 15.2. The van der Waals surface area contributed by atoms with Crippen LogP contribution in [0, 0.1) is 17.6 Å². The van der Waals surface area contributed by atoms with E-state index in [9.17, 15) is 22.0 Å². The molecule has 0 bridgehead atoms. The average molecular weight is 489 g/mol. The molecule has 4 aromatic rings. The van der Waals surface area contributed by atoms with Gasteiger partial charge in [0.15, 0.2) is 5.82 Å². The molecule has 0 radical (unpaired) electrons. The molecule has 3 aromatic heterocycles. The number of rotatable bonds is 7. The molecule has 0 spiro atoms. The number of aromatic amines is 1. The van der Waals surface area contributed by atoms with E-state index >= 15 is 4.39 Å². The molecule has 4 rings (SSSR count). The highest BCUT2D eigenvalue weighted by Crippen LogP contribution is 2.29. The molecule has 0 aliphatic rings. The number of carbonyl (C=O) groups excluding carboxylic acids is 1. The van der Waals surface area contributed by atoms with Crippen molar-refractivity contribution in [3.63, 3.8) is 0 Å². The van der Waals surface area contributed by atoms with Crippen LogP contribution in [0.2, 0.25) is 0 Å². The maximum Gasteiger partial charge on any atom is 0.301 e. The van der Waals surface area contributed by atoms with E-state index in [0.29, 0.717) is 11.1 Å². The van der Waals surface area contributed by atoms with E-state index in [4.69, 9.17) is 0 Å². The molecule has 176 valence electrons. The van der Waals surface area contributed by atoms with Crippen LogP contribution in [0.3, 0.4) is 0 Å². The summed E-state index contributed by atoms with van der Waals surface area (Å²) in [4.78, 5) is 23.6. The van der Waals surface area contributed by atoms with Crippen LogP contribution >= 0.6 is 0 Å². The van der Waals surface area contributed by atoms with Crippen LogP contribution in [0.5, 0.6) is 0 Å². The minimum Gasteiger partial charge on any atom is -0.345 e. The van der Waals surface area contributed by atoms with E-state index in [2.05, 4.69) is 15.0 Å². The molecule has 0 fully saturated rings. The molecule has 2 N–H and O–H groups in total. The molecule has 0 unspecified atom stereocenters. The quantitative estimate of drug-likeness (QED) is 0.303. The number of hydrogen-bond donors (Lipinski definition) is 2. The standard InChI is InChI=1S/C22H18F3N5O3S/c1-3-30(2)34(32,33)29-17-5-4-16(23)19(20(17)25)21(31)15-11-28-22-14(15)8-13(10-27-22)12-6-7-26-18(24)9-12/h4-11,29H,3H2,1-2H3,(H,27,28). The fraction of sp³-hybridized carbons (Fsp3) is 0.136. The van der Waals surface area contributed by atoms with Crippen molar-refractivity contribution in [1.82, 2.24) is 19.3 Å². The van der Waals surface area contributed by atoms with Crippen LogP contribution < -0.4 is 4.72 Å². The minimum atomic E-state index is -4.11. The summed E-state index contributed by atoms with van der Waals surface area (Å²) >= 11 is 0. The highest BCUT2D eigenvalue weighted by Gasteiger charge is 2.27. The lowest BCUT2D eigenvalue weighted by atomic mass is 10.00. The summed E-state index contributed by atoms with van der Waals surface area (Å²) in [5.41, 5.74) is -0.439. The molecule has 0 saturated carbocycles. The number of nitrogens with one attached hydrogen (secondary N) is 2. The highest BCUT2D eigenvalue weighted by atomic mass is 32.2. The SMILES string of the molecule is CCN(C)S(=O)(=O)Nc1ccc(F)c(C(=O)c2c[nH]c3ncc(-c4ccnc(F)c4)cc23)c1F. The summed E-state index contributed by atoms with van der Waals surface area (Å²) in [6.45, 7) is 1.69. The molecule has 0 aliphatic heterocycles. The molecular weight excluding hydrogens is 471 g/mol. The minimum absolute atomic E-state index is 0.0950. The summed E-state index contributed by atoms with van der Waals surface area (Å²) in [6, 6.07) is 5.95. The Morgan fingerprint density at radius 1 is 1.12 bits per heavy atom. The zero-order valence-electron chi connectivity index (χ0n) is 17.9. The number of hydrogen-bond acceptors (Lipinski definition) is 5. The third-order valence-electron chi connectivity index (χ3n) is 5.25. The summed E-state index contributed by atoms with van der Waals surface area (Å²) in [5, 5.41) is 0.246. The number of carbonyl (C=O) groups is 1. The van der Waals surface area contributed by atoms with Crippen LogP contribution in [-0.4, -0.2) is 47.1 Å². The third kappa shape index (κ3) is 4.24. The second kappa shape index (κ2) is 8.88. The fourth-order valence-corrected chi connectivity index (χ4v) is 4.22. The second-order valence-electron chi connectivity index (χ2n) is 7.32. The highest BCUT2D eigenvalue weighted by molar-refractivity contribution is 7.90. The van der Waals surface area contributed by atoms with Gasteiger partial charge in [0.1, 0.15) is 11.5 Å². The first-order chi connectivity index (χ1) is 16.1. The molecular formula is C22H18F3N5O3S. The van der Waals surface area contributed by atoms with Gasteiger partial charge in [0.25, 0.3) is 0 Å². The molecule has 1 aromatic carbocycles. The van der Waals surface area contributed by atoms with Gasteiger partial charge in [0, 0.05) is 54.8 Å². The van der Waals surface area contributed by atoms with Crippen LogP contribution in [0.4, 0.5) is 18.9 Å². The van der Waals surface area contributed by atoms with Crippen molar-refractivity contribution >= 4 is 32.7 Å². The number of nitrogens with zero attached hydrogens (tertiary/aromatic N) is 3. The number of H-pyrrole nitrogens is 1. The van der Waals surface area contributed by atoms with Crippen LogP contribution in [0.25, 0.3) is 22.2 Å². The number of ketones is 1. The molecule has 3 heterocycles. The number of halogens is 3. The van der Waals surface area contributed by atoms with Crippen molar-refractivity contribution in [3.05, 3.63) is 77.6 Å². The first-order valence-corrected chi connectivity index (χ1v) is 11.4. The lowest BCUT2D eigenvalue weighted by molar-refractivity contribution is 0.103. The summed E-state index contributed by atoms with van der Waals surface area (Å²) in [6.07, 6.45) is 3.96. The third-order valence-corrected chi connectivity index (χ3v) is 6.81. The molecule has 0 amide bonds. The molecule has 34 heavy (non-hydrogen) atoms. The summed E-state index contributed by atoms with van der Waals surface area (Å²) < 4.78 is 70.8. The van der Waals surface area contributed by atoms with Crippen molar-refractivity contribution in [3.8, 4) is 11.1 Å². The molecule has 0 aliphatic carbocycles. The van der Waals surface area contributed by atoms with Gasteiger partial charge in [0.2, 0.25) is 11.7 Å². The van der Waals surface area contributed by atoms with Crippen LogP contribution in [0.1, 0.15) is 22.8 Å². The second-order valence-corrected chi connectivity index (χ2v) is 9.10. The van der Waals surface area contributed by atoms with E-state index in [1.54, 1.807) is 13.0 Å². The largest absolute Gasteiger partial charge is 0.345 e. The van der Waals surface area contributed by atoms with E-state index in [-0.39, 0.29) is 23.1 Å². The van der Waals surface area contributed by atoms with Crippen molar-refractivity contribution in [2.45, 2.75) is 6.92 Å². The summed E-state index contributed by atoms with van der Waals surface area (Å²) in [7, 11) is -2.83. The van der Waals surface area contributed by atoms with Crippen molar-refractivity contribution in [2.75, 3.05) is 18.3 Å². The van der Waals surface area contributed by atoms with Gasteiger partial charge in [0.05, 0.1) is 11.3 Å². The average Bonchev–Trinajstić information content (AvgIpc) is 3.23. The molecule has 12 heteroatoms. The Balaban J connectivity index is 1.79. The van der Waals surface area contributed by atoms with Gasteiger partial charge in [-0.1, -0.05) is 6.92 Å². The smallest absolute Gasteiger partial charge is 0.301 e. The van der Waals surface area contributed by atoms with Gasteiger partial charge in [-0.05, 0) is 29.8 Å². The lowest BCUT2D eigenvalue weighted by Gasteiger charge is -2.17. The van der Waals surface area contributed by atoms with Gasteiger partial charge in [-0.25, -0.2) is 18.7 Å². The lowest BCUT2D eigenvalue weighted by Crippen LogP contribution is -2.32. The maximum atomic E-state index is 15.2. The normalized spacial score (nSPS) is 11.8. The molecule has 0 atom stereocenters. The zero-order valence-corrected chi connectivity index (χ0v) is 18.8. The number of aromatic nitrogens is 3. The monoisotopic (exact) mass is 489 g/mol. The van der Waals surface area contributed by atoms with Crippen molar-refractivity contribution < 1.29 is 26.4 Å². The Hall–Kier alpha value is -3.77. The topological polar surface area (TPSA) is 108 Å². The van der Waals surface area contributed by atoms with Crippen LogP contribution in [0.15, 0.2) is 48.9 Å². The fourth-order valence-electron chi connectivity index (χ4n) is 3.29. The van der Waals surface area contributed by atoms with Gasteiger partial charge >= 0.3 is 10.2 Å². The summed E-state index contributed by atoms with van der Waals surface area (Å²) in [5.74, 6) is -4.25. The van der Waals surface area contributed by atoms with E-state index in [0.717, 1.165) is 16.4 Å². The Morgan fingerprint density at radius 2 is 1.88 bits per heavy atom. The van der Waals surface area contributed by atoms with Gasteiger partial charge in [-0.15, -0.1) is 0 Å². The first-order valence-electron chi connectivity index (χ1n) is 9.98. The number of anilines is 1.